The van der Waals surface area contributed by atoms with Gasteiger partial charge in [-0.15, -0.1) is 11.6 Å². The Morgan fingerprint density at radius 3 is 1.80 bits per heavy atom. The Labute approximate surface area is 190 Å². The number of primary amides is 1. The minimum atomic E-state index is -0.811. The lowest BCUT2D eigenvalue weighted by Crippen LogP contribution is -2.37. The molecular formula is C24H48ClNO4. The van der Waals surface area contributed by atoms with Crippen molar-refractivity contribution >= 4 is 17.7 Å². The van der Waals surface area contributed by atoms with Gasteiger partial charge in [-0.05, 0) is 19.8 Å². The topological polar surface area (TPSA) is 70.8 Å². The Morgan fingerprint density at radius 1 is 0.900 bits per heavy atom. The minimum Gasteiger partial charge on any atom is -0.448 e. The normalized spacial score (nSPS) is 14.4. The highest BCUT2D eigenvalue weighted by atomic mass is 35.5. The number of hydrogen-bond donors (Lipinski definition) is 1. The number of carbonyl (C=O) groups is 1. The van der Waals surface area contributed by atoms with E-state index in [4.69, 9.17) is 31.5 Å². The maximum absolute atomic E-state index is 10.7. The van der Waals surface area contributed by atoms with Crippen LogP contribution in [0.15, 0.2) is 0 Å². The smallest absolute Gasteiger partial charge is 0.404 e. The summed E-state index contributed by atoms with van der Waals surface area (Å²) >= 11 is 6.20. The molecule has 0 aromatic carbocycles. The quantitative estimate of drug-likeness (QED) is 0.143. The number of unbranched alkanes of at least 4 members (excludes halogenated alkanes) is 13. The van der Waals surface area contributed by atoms with E-state index in [0.29, 0.717) is 13.0 Å². The molecule has 0 fully saturated rings. The molecule has 30 heavy (non-hydrogen) atoms. The number of hydrogen-bond acceptors (Lipinski definition) is 4. The molecule has 0 radical (unpaired) electrons. The number of rotatable bonds is 22. The van der Waals surface area contributed by atoms with E-state index in [1.807, 2.05) is 6.92 Å². The van der Waals surface area contributed by atoms with E-state index < -0.39 is 11.7 Å². The predicted octanol–water partition coefficient (Wildman–Crippen LogP) is 6.98. The Hall–Kier alpha value is -0.520. The molecule has 0 aliphatic heterocycles. The maximum Gasteiger partial charge on any atom is 0.404 e. The van der Waals surface area contributed by atoms with Crippen LogP contribution in [0.2, 0.25) is 0 Å². The lowest BCUT2D eigenvalue weighted by atomic mass is 10.0. The van der Waals surface area contributed by atoms with Gasteiger partial charge in [0.25, 0.3) is 0 Å². The van der Waals surface area contributed by atoms with E-state index in [0.717, 1.165) is 13.0 Å². The first-order valence-electron chi connectivity index (χ1n) is 12.1. The zero-order valence-corrected chi connectivity index (χ0v) is 20.6. The van der Waals surface area contributed by atoms with Crippen LogP contribution in [-0.2, 0) is 14.2 Å². The van der Waals surface area contributed by atoms with Crippen molar-refractivity contribution in [3.05, 3.63) is 0 Å². The van der Waals surface area contributed by atoms with E-state index >= 15 is 0 Å². The Kier molecular flexibility index (Phi) is 20.0. The largest absolute Gasteiger partial charge is 0.448 e. The molecule has 0 aliphatic rings. The summed E-state index contributed by atoms with van der Waals surface area (Å²) in [5, 5.41) is -0.355. The summed E-state index contributed by atoms with van der Waals surface area (Å²) in [7, 11) is 1.65. The molecule has 0 spiro atoms. The third-order valence-corrected chi connectivity index (χ3v) is 5.88. The van der Waals surface area contributed by atoms with Crippen molar-refractivity contribution in [1.82, 2.24) is 0 Å². The third-order valence-electron chi connectivity index (χ3n) is 5.60. The van der Waals surface area contributed by atoms with Gasteiger partial charge in [-0.3, -0.25) is 0 Å². The van der Waals surface area contributed by atoms with Gasteiger partial charge in [0.2, 0.25) is 0 Å². The summed E-state index contributed by atoms with van der Waals surface area (Å²) in [6.07, 6.45) is 18.6. The number of nitrogens with two attached hydrogens (primary N) is 1. The summed E-state index contributed by atoms with van der Waals surface area (Å²) in [4.78, 5) is 10.7. The summed E-state index contributed by atoms with van der Waals surface area (Å²) in [6, 6.07) is 0. The first-order chi connectivity index (χ1) is 14.4. The van der Waals surface area contributed by atoms with E-state index in [-0.39, 0.29) is 12.0 Å². The maximum atomic E-state index is 10.7. The van der Waals surface area contributed by atoms with Crippen molar-refractivity contribution < 1.29 is 19.0 Å². The van der Waals surface area contributed by atoms with Gasteiger partial charge < -0.3 is 19.9 Å². The van der Waals surface area contributed by atoms with Gasteiger partial charge in [-0.2, -0.15) is 0 Å². The number of amides is 1. The zero-order chi connectivity index (χ0) is 22.5. The molecule has 180 valence electrons. The fourth-order valence-corrected chi connectivity index (χ4v) is 3.98. The first kappa shape index (κ1) is 29.5. The Morgan fingerprint density at radius 2 is 1.37 bits per heavy atom. The van der Waals surface area contributed by atoms with Gasteiger partial charge in [-0.25, -0.2) is 4.79 Å². The molecule has 1 amide bonds. The second-order valence-electron chi connectivity index (χ2n) is 8.73. The molecule has 5 nitrogen and oxygen atoms in total. The van der Waals surface area contributed by atoms with Crippen LogP contribution >= 0.6 is 11.6 Å². The van der Waals surface area contributed by atoms with E-state index in [2.05, 4.69) is 6.92 Å². The van der Waals surface area contributed by atoms with E-state index in [1.54, 1.807) is 7.11 Å². The van der Waals surface area contributed by atoms with Crippen LogP contribution in [0.1, 0.15) is 110 Å². The van der Waals surface area contributed by atoms with Crippen LogP contribution in [0.3, 0.4) is 0 Å². The van der Waals surface area contributed by atoms with Crippen LogP contribution in [-0.4, -0.2) is 44.0 Å². The number of methoxy groups -OCH3 is 1. The lowest BCUT2D eigenvalue weighted by Gasteiger charge is -2.29. The molecule has 6 heteroatoms. The summed E-state index contributed by atoms with van der Waals surface area (Å²) in [6.45, 7) is 5.52. The highest BCUT2D eigenvalue weighted by Crippen LogP contribution is 2.21. The molecule has 2 N–H and O–H groups in total. The van der Waals surface area contributed by atoms with E-state index in [9.17, 15) is 4.79 Å². The van der Waals surface area contributed by atoms with Gasteiger partial charge in [0, 0.05) is 13.7 Å². The van der Waals surface area contributed by atoms with Crippen LogP contribution in [0, 0.1) is 0 Å². The molecule has 0 aliphatic carbocycles. The molecule has 0 aromatic rings. The van der Waals surface area contributed by atoms with Crippen molar-refractivity contribution in [3.8, 4) is 0 Å². The number of carbonyl (C=O) groups excluding carboxylic acids is 1. The van der Waals surface area contributed by atoms with Crippen LogP contribution in [0.25, 0.3) is 0 Å². The van der Waals surface area contributed by atoms with Crippen molar-refractivity contribution in [2.45, 2.75) is 121 Å². The number of alkyl halides is 1. The summed E-state index contributed by atoms with van der Waals surface area (Å²) in [5.74, 6) is 0. The molecule has 0 saturated heterocycles. The van der Waals surface area contributed by atoms with Gasteiger partial charge in [-0.1, -0.05) is 90.4 Å². The van der Waals surface area contributed by atoms with Crippen LogP contribution in [0.5, 0.6) is 0 Å². The SMILES string of the molecule is CCCCCCCCCCCCCCCCOCC(C)(CC(Cl)COC(N)=O)OC. The molecule has 0 bridgehead atoms. The molecule has 0 saturated carbocycles. The average molecular weight is 450 g/mol. The number of ether oxygens (including phenoxy) is 3. The van der Waals surface area contributed by atoms with Gasteiger partial charge >= 0.3 is 6.09 Å². The molecule has 0 heterocycles. The second kappa shape index (κ2) is 20.4. The van der Waals surface area contributed by atoms with Crippen LogP contribution in [0.4, 0.5) is 4.79 Å². The standard InChI is InChI=1S/C24H48ClNO4/c1-4-5-6-7-8-9-10-11-12-13-14-15-16-17-18-29-21-24(2,28-3)19-22(25)20-30-23(26)27/h22H,4-21H2,1-3H3,(H2,26,27). The Bertz CT molecular complexity index is 397. The number of halogens is 1. The predicted molar refractivity (Wildman–Crippen MR) is 126 cm³/mol. The molecule has 0 aromatic heterocycles. The summed E-state index contributed by atoms with van der Waals surface area (Å²) < 4.78 is 16.1. The first-order valence-corrected chi connectivity index (χ1v) is 12.6. The average Bonchev–Trinajstić information content (AvgIpc) is 2.72. The van der Waals surface area contributed by atoms with Gasteiger partial charge in [0.05, 0.1) is 17.6 Å². The van der Waals surface area contributed by atoms with Crippen LogP contribution < -0.4 is 5.73 Å². The highest BCUT2D eigenvalue weighted by molar-refractivity contribution is 6.20. The lowest BCUT2D eigenvalue weighted by molar-refractivity contribution is -0.0703. The van der Waals surface area contributed by atoms with E-state index in [1.165, 1.54) is 83.5 Å². The molecule has 2 atom stereocenters. The second-order valence-corrected chi connectivity index (χ2v) is 9.35. The molecular weight excluding hydrogens is 402 g/mol. The van der Waals surface area contributed by atoms with Crippen molar-refractivity contribution in [2.24, 2.45) is 5.73 Å². The monoisotopic (exact) mass is 449 g/mol. The fourth-order valence-electron chi connectivity index (χ4n) is 3.59. The van der Waals surface area contributed by atoms with Crippen molar-refractivity contribution in [2.75, 3.05) is 26.9 Å². The van der Waals surface area contributed by atoms with Gasteiger partial charge in [0.15, 0.2) is 0 Å². The molecule has 2 unspecified atom stereocenters. The van der Waals surface area contributed by atoms with Gasteiger partial charge in [0.1, 0.15) is 6.61 Å². The highest BCUT2D eigenvalue weighted by Gasteiger charge is 2.28. The third kappa shape index (κ3) is 19.4. The zero-order valence-electron chi connectivity index (χ0n) is 19.9. The Balaban J connectivity index is 3.49. The minimum absolute atomic E-state index is 0.0782. The summed E-state index contributed by atoms with van der Waals surface area (Å²) in [5.41, 5.74) is 4.47. The van der Waals surface area contributed by atoms with Crippen molar-refractivity contribution in [1.29, 1.82) is 0 Å². The fraction of sp³-hybridized carbons (Fsp3) is 0.958. The molecule has 0 rings (SSSR count). The van der Waals surface area contributed by atoms with Crippen molar-refractivity contribution in [3.63, 3.8) is 0 Å².